The topological polar surface area (TPSA) is 55.9 Å². The Balaban J connectivity index is 0.000000206. The number of hydrogen-bond donors (Lipinski definition) is 1. The molecule has 6 nitrogen and oxygen atoms in total. The molecule has 0 bridgehead atoms. The maximum atomic E-state index is 12.3. The number of piperidine rings is 1. The summed E-state index contributed by atoms with van der Waals surface area (Å²) in [4.78, 5) is 31.2. The molecular weight excluding hydrogens is 460 g/mol. The highest BCUT2D eigenvalue weighted by Gasteiger charge is 2.29. The Bertz CT molecular complexity index is 979. The van der Waals surface area contributed by atoms with Crippen LogP contribution >= 0.6 is 0 Å². The molecule has 0 radical (unpaired) electrons. The van der Waals surface area contributed by atoms with Crippen molar-refractivity contribution in [2.75, 3.05) is 39.3 Å². The molecule has 2 aliphatic rings. The van der Waals surface area contributed by atoms with Gasteiger partial charge in [0.25, 0.3) is 11.8 Å². The van der Waals surface area contributed by atoms with Crippen LogP contribution < -0.4 is 5.32 Å². The number of rotatable bonds is 3. The van der Waals surface area contributed by atoms with Gasteiger partial charge in [-0.05, 0) is 78.6 Å². The lowest BCUT2D eigenvalue weighted by atomic mass is 9.98. The van der Waals surface area contributed by atoms with Crippen molar-refractivity contribution in [3.8, 4) is 0 Å². The van der Waals surface area contributed by atoms with Gasteiger partial charge in [0.05, 0.1) is 0 Å². The summed E-state index contributed by atoms with van der Waals surface area (Å²) in [6.45, 7) is 19.1. The number of carbonyl (C=O) groups excluding carboxylic acids is 2. The molecule has 2 aromatic rings. The van der Waals surface area contributed by atoms with Crippen LogP contribution in [-0.2, 0) is 0 Å². The Labute approximate surface area is 224 Å². The molecule has 2 amide bonds. The zero-order valence-corrected chi connectivity index (χ0v) is 23.7. The summed E-state index contributed by atoms with van der Waals surface area (Å²) in [5, 5.41) is 3.14. The molecule has 2 aromatic carbocycles. The number of hydrogen-bond acceptors (Lipinski definition) is 4. The number of carbonyl (C=O) groups is 2. The summed E-state index contributed by atoms with van der Waals surface area (Å²) >= 11 is 0. The average Bonchev–Trinajstić information content (AvgIpc) is 2.89. The van der Waals surface area contributed by atoms with Gasteiger partial charge in [0, 0.05) is 67.5 Å². The summed E-state index contributed by atoms with van der Waals surface area (Å²) in [5.74, 6) is 0.207. The second kappa shape index (κ2) is 12.7. The monoisotopic (exact) mass is 506 g/mol. The minimum Gasteiger partial charge on any atom is -0.349 e. The minimum absolute atomic E-state index is 0.0507. The number of piperazine rings is 1. The van der Waals surface area contributed by atoms with E-state index in [9.17, 15) is 9.59 Å². The maximum absolute atomic E-state index is 12.3. The van der Waals surface area contributed by atoms with E-state index in [0.29, 0.717) is 6.04 Å². The van der Waals surface area contributed by atoms with E-state index >= 15 is 0 Å². The van der Waals surface area contributed by atoms with Crippen LogP contribution in [0.25, 0.3) is 0 Å². The zero-order chi connectivity index (χ0) is 27.1. The largest absolute Gasteiger partial charge is 0.349 e. The molecule has 37 heavy (non-hydrogen) atoms. The molecule has 2 aliphatic heterocycles. The van der Waals surface area contributed by atoms with Gasteiger partial charge in [0.2, 0.25) is 0 Å². The second-order valence-electron chi connectivity index (χ2n) is 12.1. The van der Waals surface area contributed by atoms with E-state index < -0.39 is 0 Å². The molecule has 0 spiro atoms. The normalized spacial score (nSPS) is 18.1. The van der Waals surface area contributed by atoms with Crippen LogP contribution in [0.1, 0.15) is 75.1 Å². The third-order valence-electron chi connectivity index (χ3n) is 7.35. The zero-order valence-electron chi connectivity index (χ0n) is 23.7. The van der Waals surface area contributed by atoms with Crippen molar-refractivity contribution in [1.82, 2.24) is 20.0 Å². The molecule has 6 heteroatoms. The maximum Gasteiger partial charge on any atom is 0.253 e. The second-order valence-corrected chi connectivity index (χ2v) is 12.1. The number of nitrogens with one attached hydrogen (secondary N) is 1. The molecule has 0 saturated carbocycles. The number of amides is 2. The van der Waals surface area contributed by atoms with Crippen molar-refractivity contribution in [2.24, 2.45) is 0 Å². The Kier molecular flexibility index (Phi) is 9.91. The van der Waals surface area contributed by atoms with Gasteiger partial charge in [0.1, 0.15) is 0 Å². The molecule has 4 rings (SSSR count). The highest BCUT2D eigenvalue weighted by Crippen LogP contribution is 2.20. The lowest BCUT2D eigenvalue weighted by molar-refractivity contribution is 0.0451. The van der Waals surface area contributed by atoms with Crippen LogP contribution in [0.5, 0.6) is 0 Å². The quantitative estimate of drug-likeness (QED) is 0.642. The van der Waals surface area contributed by atoms with Crippen LogP contribution in [0, 0.1) is 0 Å². The lowest BCUT2D eigenvalue weighted by Crippen LogP contribution is -2.54. The smallest absolute Gasteiger partial charge is 0.253 e. The first-order valence-electron chi connectivity index (χ1n) is 13.7. The van der Waals surface area contributed by atoms with E-state index in [-0.39, 0.29) is 22.9 Å². The predicted octanol–water partition coefficient (Wildman–Crippen LogP) is 4.92. The molecule has 0 atom stereocenters. The fraction of sp³-hybridized carbons (Fsp3) is 0.548. The van der Waals surface area contributed by atoms with E-state index in [0.717, 1.165) is 63.2 Å². The van der Waals surface area contributed by atoms with Crippen LogP contribution in [0.4, 0.5) is 0 Å². The van der Waals surface area contributed by atoms with Crippen LogP contribution in [0.15, 0.2) is 60.7 Å². The number of nitrogens with zero attached hydrogens (tertiary/aromatic N) is 3. The third kappa shape index (κ3) is 8.68. The summed E-state index contributed by atoms with van der Waals surface area (Å²) in [6.07, 6.45) is 2.08. The van der Waals surface area contributed by atoms with E-state index in [1.54, 1.807) is 0 Å². The minimum atomic E-state index is 0.0507. The summed E-state index contributed by atoms with van der Waals surface area (Å²) in [5.41, 5.74) is 1.97. The van der Waals surface area contributed by atoms with Crippen LogP contribution in [0.3, 0.4) is 0 Å². The summed E-state index contributed by atoms with van der Waals surface area (Å²) < 4.78 is 0. The molecule has 2 saturated heterocycles. The Morgan fingerprint density at radius 1 is 0.649 bits per heavy atom. The van der Waals surface area contributed by atoms with Crippen molar-refractivity contribution in [3.63, 3.8) is 0 Å². The van der Waals surface area contributed by atoms with Crippen molar-refractivity contribution >= 4 is 11.8 Å². The fourth-order valence-corrected chi connectivity index (χ4v) is 4.90. The van der Waals surface area contributed by atoms with Crippen molar-refractivity contribution in [1.29, 1.82) is 0 Å². The molecule has 0 aromatic heterocycles. The number of likely N-dealkylation sites (tertiary alicyclic amines) is 1. The third-order valence-corrected chi connectivity index (χ3v) is 7.35. The molecule has 202 valence electrons. The Hall–Kier alpha value is -2.70. The van der Waals surface area contributed by atoms with Crippen LogP contribution in [-0.4, -0.2) is 82.9 Å². The van der Waals surface area contributed by atoms with E-state index in [1.165, 1.54) is 0 Å². The highest BCUT2D eigenvalue weighted by atomic mass is 16.2. The SMILES string of the molecule is CC(C)(C)N1CCC(NC(=O)c2ccccc2)CC1.CC(C)(C)N1CCN(C(=O)c2ccccc2)CC1. The van der Waals surface area contributed by atoms with Crippen molar-refractivity contribution < 1.29 is 9.59 Å². The standard InChI is InChI=1S/C16H24N2O.C15H22N2O/c1-16(2,3)18-11-9-14(10-12-18)17-15(19)13-7-5-4-6-8-13;1-15(2,3)17-11-9-16(10-12-17)14(18)13-7-5-4-6-8-13/h4-8,14H,9-12H2,1-3H3,(H,17,19);4-8H,9-12H2,1-3H3. The molecule has 0 aliphatic carbocycles. The van der Waals surface area contributed by atoms with Gasteiger partial charge in [-0.2, -0.15) is 0 Å². The molecule has 2 fully saturated rings. The van der Waals surface area contributed by atoms with Gasteiger partial charge in [-0.15, -0.1) is 0 Å². The van der Waals surface area contributed by atoms with E-state index in [2.05, 4.69) is 56.7 Å². The molecule has 2 heterocycles. The van der Waals surface area contributed by atoms with Crippen LogP contribution in [0.2, 0.25) is 0 Å². The lowest BCUT2D eigenvalue weighted by Gasteiger charge is -2.42. The van der Waals surface area contributed by atoms with Gasteiger partial charge in [-0.25, -0.2) is 0 Å². The van der Waals surface area contributed by atoms with Gasteiger partial charge in [-0.3, -0.25) is 19.4 Å². The van der Waals surface area contributed by atoms with E-state index in [1.807, 2.05) is 65.6 Å². The first kappa shape index (κ1) is 28.9. The van der Waals surface area contributed by atoms with Crippen molar-refractivity contribution in [3.05, 3.63) is 71.8 Å². The summed E-state index contributed by atoms with van der Waals surface area (Å²) in [6, 6.07) is 19.3. The molecule has 0 unspecified atom stereocenters. The first-order chi connectivity index (χ1) is 17.4. The van der Waals surface area contributed by atoms with Crippen molar-refractivity contribution in [2.45, 2.75) is 71.5 Å². The predicted molar refractivity (Wildman–Crippen MR) is 152 cm³/mol. The Morgan fingerprint density at radius 2 is 1.08 bits per heavy atom. The Morgan fingerprint density at radius 3 is 1.54 bits per heavy atom. The van der Waals surface area contributed by atoms with Gasteiger partial charge < -0.3 is 10.2 Å². The highest BCUT2D eigenvalue weighted by molar-refractivity contribution is 5.94. The molecule has 1 N–H and O–H groups in total. The van der Waals surface area contributed by atoms with Gasteiger partial charge in [-0.1, -0.05) is 36.4 Å². The summed E-state index contributed by atoms with van der Waals surface area (Å²) in [7, 11) is 0. The first-order valence-corrected chi connectivity index (χ1v) is 13.7. The molecular formula is C31H46N4O2. The van der Waals surface area contributed by atoms with Gasteiger partial charge in [0.15, 0.2) is 0 Å². The average molecular weight is 507 g/mol. The number of benzene rings is 2. The fourth-order valence-electron chi connectivity index (χ4n) is 4.90. The van der Waals surface area contributed by atoms with E-state index in [4.69, 9.17) is 0 Å². The van der Waals surface area contributed by atoms with Gasteiger partial charge >= 0.3 is 0 Å².